The van der Waals surface area contributed by atoms with Gasteiger partial charge in [0.2, 0.25) is 5.91 Å². The Morgan fingerprint density at radius 2 is 2.00 bits per heavy atom. The molecule has 132 valence electrons. The number of hydrogen-bond acceptors (Lipinski definition) is 5. The summed E-state index contributed by atoms with van der Waals surface area (Å²) in [6, 6.07) is 0.205. The Labute approximate surface area is 138 Å². The van der Waals surface area contributed by atoms with Crippen LogP contribution in [0.2, 0.25) is 0 Å². The Balaban J connectivity index is 2.08. The zero-order valence-electron chi connectivity index (χ0n) is 13.9. The second kappa shape index (κ2) is 7.43. The number of aromatic amines is 1. The lowest BCUT2D eigenvalue weighted by Crippen LogP contribution is -2.40. The SMILES string of the molecule is CC1CNC(C)CN(C(=O)CCn2cc(C(N)=O)c(=O)[nH]c2=O)C1. The Bertz CT molecular complexity index is 726. The molecule has 0 aliphatic carbocycles. The van der Waals surface area contributed by atoms with E-state index in [0.717, 1.165) is 17.3 Å². The van der Waals surface area contributed by atoms with E-state index in [9.17, 15) is 19.2 Å². The summed E-state index contributed by atoms with van der Waals surface area (Å²) in [5.41, 5.74) is 3.30. The average molecular weight is 337 g/mol. The van der Waals surface area contributed by atoms with Crippen LogP contribution in [0.15, 0.2) is 15.8 Å². The van der Waals surface area contributed by atoms with Crippen molar-refractivity contribution >= 4 is 11.8 Å². The van der Waals surface area contributed by atoms with Gasteiger partial charge in [-0.15, -0.1) is 0 Å². The van der Waals surface area contributed by atoms with Gasteiger partial charge in [-0.05, 0) is 19.4 Å². The van der Waals surface area contributed by atoms with Gasteiger partial charge in [0.25, 0.3) is 11.5 Å². The fraction of sp³-hybridized carbons (Fsp3) is 0.600. The van der Waals surface area contributed by atoms with Crippen LogP contribution in [0.25, 0.3) is 0 Å². The predicted molar refractivity (Wildman–Crippen MR) is 87.7 cm³/mol. The van der Waals surface area contributed by atoms with Gasteiger partial charge in [0, 0.05) is 38.3 Å². The van der Waals surface area contributed by atoms with E-state index in [4.69, 9.17) is 5.73 Å². The summed E-state index contributed by atoms with van der Waals surface area (Å²) in [4.78, 5) is 50.7. The maximum atomic E-state index is 12.4. The molecule has 1 aliphatic rings. The Kier molecular flexibility index (Phi) is 5.55. The van der Waals surface area contributed by atoms with E-state index in [1.807, 2.05) is 11.9 Å². The van der Waals surface area contributed by atoms with Crippen molar-refractivity contribution < 1.29 is 9.59 Å². The van der Waals surface area contributed by atoms with Crippen molar-refractivity contribution in [1.29, 1.82) is 0 Å². The molecule has 0 radical (unpaired) electrons. The van der Waals surface area contributed by atoms with E-state index < -0.39 is 17.2 Å². The van der Waals surface area contributed by atoms with Gasteiger partial charge in [-0.25, -0.2) is 4.79 Å². The Hall–Kier alpha value is -2.42. The number of carbonyl (C=O) groups excluding carboxylic acids is 2. The zero-order chi connectivity index (χ0) is 17.9. The van der Waals surface area contributed by atoms with Gasteiger partial charge in [-0.2, -0.15) is 0 Å². The quantitative estimate of drug-likeness (QED) is 0.614. The molecular weight excluding hydrogens is 314 g/mol. The van der Waals surface area contributed by atoms with Gasteiger partial charge in [-0.1, -0.05) is 6.92 Å². The number of nitrogens with one attached hydrogen (secondary N) is 2. The van der Waals surface area contributed by atoms with Gasteiger partial charge in [-0.3, -0.25) is 23.9 Å². The van der Waals surface area contributed by atoms with Crippen molar-refractivity contribution in [3.8, 4) is 0 Å². The van der Waals surface area contributed by atoms with E-state index in [-0.39, 0.29) is 30.5 Å². The first-order valence-corrected chi connectivity index (χ1v) is 7.92. The van der Waals surface area contributed by atoms with Crippen molar-refractivity contribution in [2.75, 3.05) is 19.6 Å². The minimum atomic E-state index is -0.919. The largest absolute Gasteiger partial charge is 0.365 e. The molecule has 1 aliphatic heterocycles. The lowest BCUT2D eigenvalue weighted by Gasteiger charge is -2.24. The van der Waals surface area contributed by atoms with Crippen LogP contribution in [-0.2, 0) is 11.3 Å². The summed E-state index contributed by atoms with van der Waals surface area (Å²) in [6.45, 7) is 6.27. The first-order valence-electron chi connectivity index (χ1n) is 7.92. The molecule has 24 heavy (non-hydrogen) atoms. The number of nitrogens with two attached hydrogens (primary N) is 1. The Morgan fingerprint density at radius 3 is 2.67 bits per heavy atom. The first-order chi connectivity index (χ1) is 11.3. The normalized spacial score (nSPS) is 21.3. The third-order valence-corrected chi connectivity index (χ3v) is 4.04. The van der Waals surface area contributed by atoms with Crippen molar-refractivity contribution in [3.63, 3.8) is 0 Å². The summed E-state index contributed by atoms with van der Waals surface area (Å²) in [6.07, 6.45) is 1.20. The lowest BCUT2D eigenvalue weighted by atomic mass is 10.1. The van der Waals surface area contributed by atoms with Crippen molar-refractivity contribution in [1.82, 2.24) is 19.8 Å². The topological polar surface area (TPSA) is 130 Å². The predicted octanol–water partition coefficient (Wildman–Crippen LogP) is -1.52. The molecule has 2 unspecified atom stereocenters. The molecule has 1 aromatic rings. The number of amides is 2. The second-order valence-corrected chi connectivity index (χ2v) is 6.32. The molecule has 0 spiro atoms. The highest BCUT2D eigenvalue weighted by molar-refractivity contribution is 5.91. The van der Waals surface area contributed by atoms with Crippen LogP contribution in [0.3, 0.4) is 0 Å². The lowest BCUT2D eigenvalue weighted by molar-refractivity contribution is -0.131. The number of aromatic nitrogens is 2. The van der Waals surface area contributed by atoms with E-state index >= 15 is 0 Å². The molecule has 9 nitrogen and oxygen atoms in total. The van der Waals surface area contributed by atoms with E-state index in [0.29, 0.717) is 19.0 Å². The minimum Gasteiger partial charge on any atom is -0.365 e. The molecule has 0 saturated carbocycles. The number of hydrogen-bond donors (Lipinski definition) is 3. The van der Waals surface area contributed by atoms with Crippen LogP contribution >= 0.6 is 0 Å². The number of H-pyrrole nitrogens is 1. The summed E-state index contributed by atoms with van der Waals surface area (Å²) >= 11 is 0. The summed E-state index contributed by atoms with van der Waals surface area (Å²) in [5.74, 6) is -0.648. The van der Waals surface area contributed by atoms with Crippen LogP contribution in [-0.4, -0.2) is 51.9 Å². The van der Waals surface area contributed by atoms with Crippen LogP contribution in [0.5, 0.6) is 0 Å². The van der Waals surface area contributed by atoms with E-state index in [1.54, 1.807) is 4.90 Å². The molecule has 0 aromatic carbocycles. The number of nitrogens with zero attached hydrogens (tertiary/aromatic N) is 2. The van der Waals surface area contributed by atoms with Crippen LogP contribution in [0.1, 0.15) is 30.6 Å². The molecule has 1 aromatic heterocycles. The molecule has 2 rings (SSSR count). The number of primary amides is 1. The van der Waals surface area contributed by atoms with Gasteiger partial charge in [0.1, 0.15) is 5.56 Å². The highest BCUT2D eigenvalue weighted by Gasteiger charge is 2.22. The third kappa shape index (κ3) is 4.31. The summed E-state index contributed by atoms with van der Waals surface area (Å²) < 4.78 is 1.13. The highest BCUT2D eigenvalue weighted by atomic mass is 16.2. The summed E-state index contributed by atoms with van der Waals surface area (Å²) in [7, 11) is 0. The number of carbonyl (C=O) groups is 2. The maximum absolute atomic E-state index is 12.4. The average Bonchev–Trinajstić information content (AvgIpc) is 2.67. The smallest absolute Gasteiger partial charge is 0.328 e. The zero-order valence-corrected chi connectivity index (χ0v) is 13.9. The van der Waals surface area contributed by atoms with Crippen LogP contribution in [0, 0.1) is 5.92 Å². The highest BCUT2D eigenvalue weighted by Crippen LogP contribution is 2.08. The monoisotopic (exact) mass is 337 g/mol. The molecule has 0 bridgehead atoms. The maximum Gasteiger partial charge on any atom is 0.328 e. The van der Waals surface area contributed by atoms with Crippen molar-refractivity contribution in [2.45, 2.75) is 32.9 Å². The first kappa shape index (κ1) is 17.9. The van der Waals surface area contributed by atoms with Crippen molar-refractivity contribution in [2.24, 2.45) is 11.7 Å². The molecule has 1 fully saturated rings. The number of aryl methyl sites for hydroxylation is 1. The van der Waals surface area contributed by atoms with Gasteiger partial charge in [0.05, 0.1) is 0 Å². The van der Waals surface area contributed by atoms with Crippen LogP contribution < -0.4 is 22.3 Å². The molecular formula is C15H23N5O4. The Morgan fingerprint density at radius 1 is 1.29 bits per heavy atom. The second-order valence-electron chi connectivity index (χ2n) is 6.32. The fourth-order valence-corrected chi connectivity index (χ4v) is 2.74. The minimum absolute atomic E-state index is 0.0709. The van der Waals surface area contributed by atoms with Gasteiger partial charge in [0.15, 0.2) is 0 Å². The van der Waals surface area contributed by atoms with E-state index in [2.05, 4.69) is 12.2 Å². The third-order valence-electron chi connectivity index (χ3n) is 4.04. The summed E-state index contributed by atoms with van der Waals surface area (Å²) in [5, 5.41) is 3.35. The molecule has 2 amide bonds. The van der Waals surface area contributed by atoms with Gasteiger partial charge < -0.3 is 16.0 Å². The fourth-order valence-electron chi connectivity index (χ4n) is 2.74. The van der Waals surface area contributed by atoms with E-state index in [1.165, 1.54) is 0 Å². The number of rotatable bonds is 4. The van der Waals surface area contributed by atoms with Crippen LogP contribution in [0.4, 0.5) is 0 Å². The van der Waals surface area contributed by atoms with Gasteiger partial charge >= 0.3 is 5.69 Å². The molecule has 9 heteroatoms. The molecule has 2 heterocycles. The molecule has 4 N–H and O–H groups in total. The molecule has 2 atom stereocenters. The standard InChI is InChI=1S/C15H23N5O4/c1-9-5-17-10(2)7-20(6-9)12(21)3-4-19-8-11(13(16)22)14(23)18-15(19)24/h8-10,17H,3-7H2,1-2H3,(H2,16,22)(H,18,23,24). The molecule has 1 saturated heterocycles. The van der Waals surface area contributed by atoms with Crippen molar-refractivity contribution in [3.05, 3.63) is 32.6 Å².